The lowest BCUT2D eigenvalue weighted by Crippen LogP contribution is -2.26. The van der Waals surface area contributed by atoms with Crippen molar-refractivity contribution in [1.29, 1.82) is 0 Å². The van der Waals surface area contributed by atoms with Crippen molar-refractivity contribution in [2.45, 2.75) is 4.90 Å². The van der Waals surface area contributed by atoms with Gasteiger partial charge in [-0.25, -0.2) is 18.0 Å². The molecule has 26 heavy (non-hydrogen) atoms. The quantitative estimate of drug-likeness (QED) is 0.551. The Morgan fingerprint density at radius 1 is 1.27 bits per heavy atom. The van der Waals surface area contributed by atoms with E-state index in [1.54, 1.807) is 0 Å². The fourth-order valence-electron chi connectivity index (χ4n) is 2.42. The summed E-state index contributed by atoms with van der Waals surface area (Å²) in [4.78, 5) is 26.9. The first-order valence-electron chi connectivity index (χ1n) is 7.45. The first kappa shape index (κ1) is 17.9. The van der Waals surface area contributed by atoms with Crippen LogP contribution in [-0.2, 0) is 19.4 Å². The van der Waals surface area contributed by atoms with Crippen LogP contribution >= 0.6 is 0 Å². The molecule has 0 saturated heterocycles. The van der Waals surface area contributed by atoms with Gasteiger partial charge in [0.15, 0.2) is 21.3 Å². The molecule has 0 spiro atoms. The fourth-order valence-corrected chi connectivity index (χ4v) is 3.41. The minimum Gasteiger partial charge on any atom is -0.420 e. The summed E-state index contributed by atoms with van der Waals surface area (Å²) in [6.45, 7) is 1.35. The van der Waals surface area contributed by atoms with E-state index in [1.807, 2.05) is 0 Å². The topological polar surface area (TPSA) is 123 Å². The molecule has 0 amide bonds. The summed E-state index contributed by atoms with van der Waals surface area (Å²) in [6.07, 6.45) is 2.31. The molecular weight excluding hydrogens is 369 g/mol. The SMILES string of the molecule is CS(=O)(=O)c1c(NCC2=NCCN2)cc2c(F)c1OC(=O)/C=C/C(=O)O2. The summed E-state index contributed by atoms with van der Waals surface area (Å²) >= 11 is 0. The number of fused-ring (bicyclic) bond motifs is 2. The molecule has 2 N–H and O–H groups in total. The van der Waals surface area contributed by atoms with E-state index < -0.39 is 44.0 Å². The van der Waals surface area contributed by atoms with Gasteiger partial charge >= 0.3 is 11.9 Å². The summed E-state index contributed by atoms with van der Waals surface area (Å²) in [5, 5.41) is 5.78. The molecule has 11 heteroatoms. The molecule has 3 rings (SSSR count). The fraction of sp³-hybridized carbons (Fsp3) is 0.267. The van der Waals surface area contributed by atoms with E-state index in [0.717, 1.165) is 18.4 Å². The molecule has 138 valence electrons. The normalized spacial score (nSPS) is 17.8. The standard InChI is InChI=1S/C15H14FN3O6S/c1-26(22,23)15-8(19-7-10-17-4-5-18-10)6-9-13(16)14(15)25-12(21)3-2-11(20)24-9/h2-3,6,19H,4-5,7H2,1H3,(H,17,18)/b3-2+. The van der Waals surface area contributed by atoms with Gasteiger partial charge in [0.25, 0.3) is 0 Å². The Morgan fingerprint density at radius 2 is 1.96 bits per heavy atom. The van der Waals surface area contributed by atoms with E-state index in [1.165, 1.54) is 0 Å². The van der Waals surface area contributed by atoms with Gasteiger partial charge in [-0.05, 0) is 0 Å². The van der Waals surface area contributed by atoms with Crippen molar-refractivity contribution >= 4 is 33.3 Å². The number of aliphatic imine (C=N–C) groups is 1. The van der Waals surface area contributed by atoms with Crippen molar-refractivity contribution in [1.82, 2.24) is 5.32 Å². The molecule has 1 aromatic rings. The van der Waals surface area contributed by atoms with Crippen molar-refractivity contribution in [3.05, 3.63) is 24.0 Å². The second-order valence-corrected chi connectivity index (χ2v) is 7.40. The third-order valence-electron chi connectivity index (χ3n) is 3.47. The number of anilines is 1. The van der Waals surface area contributed by atoms with Crippen molar-refractivity contribution < 1.29 is 31.9 Å². The number of carbonyl (C=O) groups excluding carboxylic acids is 2. The van der Waals surface area contributed by atoms with E-state index in [0.29, 0.717) is 25.0 Å². The molecular formula is C15H14FN3O6S. The molecule has 0 radical (unpaired) electrons. The molecule has 0 aliphatic carbocycles. The minimum atomic E-state index is -4.01. The van der Waals surface area contributed by atoms with Crippen LogP contribution in [0.15, 0.2) is 28.1 Å². The number of nitrogens with zero attached hydrogens (tertiary/aromatic N) is 1. The van der Waals surface area contributed by atoms with E-state index in [4.69, 9.17) is 9.47 Å². The highest BCUT2D eigenvalue weighted by molar-refractivity contribution is 7.91. The van der Waals surface area contributed by atoms with Gasteiger partial charge in [0, 0.05) is 31.0 Å². The second-order valence-electron chi connectivity index (χ2n) is 5.45. The van der Waals surface area contributed by atoms with E-state index in [-0.39, 0.29) is 12.2 Å². The van der Waals surface area contributed by atoms with Gasteiger partial charge < -0.3 is 20.1 Å². The summed E-state index contributed by atoms with van der Waals surface area (Å²) in [5.74, 6) is -4.21. The summed E-state index contributed by atoms with van der Waals surface area (Å²) in [7, 11) is -4.01. The number of rotatable bonds is 4. The number of ether oxygens (including phenoxy) is 2. The van der Waals surface area contributed by atoms with Crippen LogP contribution in [0.2, 0.25) is 0 Å². The molecule has 2 aliphatic heterocycles. The molecule has 1 aromatic carbocycles. The predicted molar refractivity (Wildman–Crippen MR) is 88.7 cm³/mol. The average Bonchev–Trinajstić information content (AvgIpc) is 3.06. The first-order chi connectivity index (χ1) is 12.3. The lowest BCUT2D eigenvalue weighted by Gasteiger charge is -2.17. The Balaban J connectivity index is 2.14. The maximum atomic E-state index is 14.6. The zero-order chi connectivity index (χ0) is 18.9. The number of sulfone groups is 1. The molecule has 2 aliphatic rings. The number of esters is 2. The van der Waals surface area contributed by atoms with Gasteiger partial charge in [-0.15, -0.1) is 0 Å². The Morgan fingerprint density at radius 3 is 2.58 bits per heavy atom. The Kier molecular flexibility index (Phi) is 4.64. The van der Waals surface area contributed by atoms with E-state index in [9.17, 15) is 22.4 Å². The second kappa shape index (κ2) is 6.75. The molecule has 9 nitrogen and oxygen atoms in total. The van der Waals surface area contributed by atoms with Crippen molar-refractivity contribution in [2.75, 3.05) is 31.2 Å². The number of amidine groups is 1. The maximum Gasteiger partial charge on any atom is 0.336 e. The number of halogens is 1. The maximum absolute atomic E-state index is 14.6. The highest BCUT2D eigenvalue weighted by atomic mass is 32.2. The van der Waals surface area contributed by atoms with E-state index >= 15 is 0 Å². The number of benzene rings is 1. The first-order valence-corrected chi connectivity index (χ1v) is 9.34. The lowest BCUT2D eigenvalue weighted by molar-refractivity contribution is -0.131. The molecule has 0 aromatic heterocycles. The highest BCUT2D eigenvalue weighted by Crippen LogP contribution is 2.40. The molecule has 0 unspecified atom stereocenters. The van der Waals surface area contributed by atoms with Crippen LogP contribution in [0.3, 0.4) is 0 Å². The summed E-state index contributed by atoms with van der Waals surface area (Å²) in [6, 6.07) is 1.02. The van der Waals surface area contributed by atoms with Crippen LogP contribution in [0.4, 0.5) is 10.1 Å². The number of nitrogens with one attached hydrogen (secondary N) is 2. The zero-order valence-electron chi connectivity index (χ0n) is 13.5. The third-order valence-corrected chi connectivity index (χ3v) is 4.62. The number of hydrogen-bond acceptors (Lipinski definition) is 9. The Bertz CT molecular complexity index is 955. The van der Waals surface area contributed by atoms with Crippen LogP contribution in [0.25, 0.3) is 0 Å². The third kappa shape index (κ3) is 3.67. The van der Waals surface area contributed by atoms with Crippen LogP contribution in [-0.4, -0.2) is 52.1 Å². The predicted octanol–water partition coefficient (Wildman–Crippen LogP) is 0.0234. The minimum absolute atomic E-state index is 0.0854. The van der Waals surface area contributed by atoms with E-state index in [2.05, 4.69) is 15.6 Å². The van der Waals surface area contributed by atoms with Crippen LogP contribution in [0, 0.1) is 5.82 Å². The smallest absolute Gasteiger partial charge is 0.336 e. The van der Waals surface area contributed by atoms with Crippen molar-refractivity contribution in [3.63, 3.8) is 0 Å². The van der Waals surface area contributed by atoms with Crippen LogP contribution in [0.1, 0.15) is 0 Å². The molecule has 0 fully saturated rings. The van der Waals surface area contributed by atoms with Crippen LogP contribution in [0.5, 0.6) is 11.5 Å². The van der Waals surface area contributed by atoms with Gasteiger partial charge in [0.2, 0.25) is 5.82 Å². The number of hydrogen-bond donors (Lipinski definition) is 2. The highest BCUT2D eigenvalue weighted by Gasteiger charge is 2.30. The van der Waals surface area contributed by atoms with Crippen molar-refractivity contribution in [3.8, 4) is 11.5 Å². The lowest BCUT2D eigenvalue weighted by atomic mass is 10.2. The zero-order valence-corrected chi connectivity index (χ0v) is 14.4. The summed E-state index contributed by atoms with van der Waals surface area (Å²) in [5.41, 5.74) is -0.0854. The average molecular weight is 383 g/mol. The number of carbonyl (C=O) groups is 2. The molecule has 2 bridgehead atoms. The molecule has 2 heterocycles. The van der Waals surface area contributed by atoms with Crippen molar-refractivity contribution in [2.24, 2.45) is 4.99 Å². The Labute approximate surface area is 147 Å². The van der Waals surface area contributed by atoms with Crippen LogP contribution < -0.4 is 20.1 Å². The van der Waals surface area contributed by atoms with Gasteiger partial charge in [-0.1, -0.05) is 0 Å². The Hall–Kier alpha value is -2.95. The molecule has 0 saturated carbocycles. The largest absolute Gasteiger partial charge is 0.420 e. The van der Waals surface area contributed by atoms with Gasteiger partial charge in [-0.3, -0.25) is 4.99 Å². The van der Waals surface area contributed by atoms with Gasteiger partial charge in [-0.2, -0.15) is 4.39 Å². The molecule has 0 atom stereocenters. The summed E-state index contributed by atoms with van der Waals surface area (Å²) < 4.78 is 48.7. The monoisotopic (exact) mass is 383 g/mol. The van der Waals surface area contributed by atoms with Gasteiger partial charge in [0.05, 0.1) is 18.8 Å². The van der Waals surface area contributed by atoms with Gasteiger partial charge in [0.1, 0.15) is 10.7 Å².